The molecule has 0 aliphatic carbocycles. The number of nitrogens with zero attached hydrogens (tertiary/aromatic N) is 1. The smallest absolute Gasteiger partial charge is 0.356 e. The Kier molecular flexibility index (Phi) is 5.05. The summed E-state index contributed by atoms with van der Waals surface area (Å²) in [6, 6.07) is 5.65. The van der Waals surface area contributed by atoms with Gasteiger partial charge in [-0.15, -0.1) is 0 Å². The van der Waals surface area contributed by atoms with Gasteiger partial charge in [0.15, 0.2) is 5.69 Å². The fourth-order valence-corrected chi connectivity index (χ4v) is 1.88. The average Bonchev–Trinajstić information content (AvgIpc) is 2.49. The van der Waals surface area contributed by atoms with Crippen molar-refractivity contribution < 1.29 is 23.4 Å². The number of aromatic nitrogens is 1. The van der Waals surface area contributed by atoms with Gasteiger partial charge in [0.1, 0.15) is 11.6 Å². The molecule has 112 valence electrons. The van der Waals surface area contributed by atoms with E-state index in [0.29, 0.717) is 36.3 Å². The number of fused-ring (bicyclic) bond motifs is 1. The first-order valence-electron chi connectivity index (χ1n) is 6.46. The van der Waals surface area contributed by atoms with Gasteiger partial charge in [-0.25, -0.2) is 14.2 Å². The van der Waals surface area contributed by atoms with E-state index in [1.54, 1.807) is 13.2 Å². The third-order valence-electron chi connectivity index (χ3n) is 2.88. The summed E-state index contributed by atoms with van der Waals surface area (Å²) >= 11 is 0. The van der Waals surface area contributed by atoms with Crippen molar-refractivity contribution in [1.82, 2.24) is 4.98 Å². The van der Waals surface area contributed by atoms with Crippen molar-refractivity contribution >= 4 is 16.9 Å². The molecule has 0 unspecified atom stereocenters. The van der Waals surface area contributed by atoms with Crippen LogP contribution in [0.3, 0.4) is 0 Å². The Morgan fingerprint density at radius 2 is 2.05 bits per heavy atom. The van der Waals surface area contributed by atoms with Crippen LogP contribution >= 0.6 is 0 Å². The molecule has 0 saturated carbocycles. The minimum Gasteiger partial charge on any atom is -0.493 e. The zero-order chi connectivity index (χ0) is 15.2. The van der Waals surface area contributed by atoms with Crippen LogP contribution in [-0.2, 0) is 9.47 Å². The zero-order valence-corrected chi connectivity index (χ0v) is 11.9. The molecular formula is C15H16FNO4. The fourth-order valence-electron chi connectivity index (χ4n) is 1.88. The number of benzene rings is 1. The summed E-state index contributed by atoms with van der Waals surface area (Å²) in [5, 5.41) is 0.640. The maximum absolute atomic E-state index is 13.3. The summed E-state index contributed by atoms with van der Waals surface area (Å²) in [6.45, 7) is 0.993. The second kappa shape index (κ2) is 6.99. The van der Waals surface area contributed by atoms with Gasteiger partial charge < -0.3 is 14.2 Å². The molecule has 0 radical (unpaired) electrons. The second-order valence-corrected chi connectivity index (χ2v) is 4.35. The quantitative estimate of drug-likeness (QED) is 0.605. The lowest BCUT2D eigenvalue weighted by atomic mass is 10.1. The highest BCUT2D eigenvalue weighted by atomic mass is 19.1. The molecule has 0 aliphatic heterocycles. The molecule has 0 N–H and O–H groups in total. The molecule has 1 aromatic heterocycles. The molecule has 2 rings (SSSR count). The lowest BCUT2D eigenvalue weighted by molar-refractivity contribution is 0.0594. The van der Waals surface area contributed by atoms with Crippen molar-refractivity contribution in [2.75, 3.05) is 27.4 Å². The van der Waals surface area contributed by atoms with Crippen LogP contribution in [0.15, 0.2) is 24.3 Å². The van der Waals surface area contributed by atoms with Gasteiger partial charge >= 0.3 is 5.97 Å². The summed E-state index contributed by atoms with van der Waals surface area (Å²) in [4.78, 5) is 15.7. The molecule has 1 aromatic carbocycles. The molecule has 0 atom stereocenters. The van der Waals surface area contributed by atoms with E-state index in [1.165, 1.54) is 25.3 Å². The Balaban J connectivity index is 2.37. The molecule has 0 saturated heterocycles. The first kappa shape index (κ1) is 15.2. The van der Waals surface area contributed by atoms with Crippen LogP contribution in [0.1, 0.15) is 16.9 Å². The fraction of sp³-hybridized carbons (Fsp3) is 0.333. The van der Waals surface area contributed by atoms with E-state index in [4.69, 9.17) is 9.47 Å². The summed E-state index contributed by atoms with van der Waals surface area (Å²) in [5.41, 5.74) is 0.428. The van der Waals surface area contributed by atoms with E-state index in [9.17, 15) is 9.18 Å². The van der Waals surface area contributed by atoms with Gasteiger partial charge in [-0.3, -0.25) is 0 Å². The van der Waals surface area contributed by atoms with Gasteiger partial charge in [-0.05, 0) is 12.1 Å². The number of hydrogen-bond donors (Lipinski definition) is 0. The first-order valence-corrected chi connectivity index (χ1v) is 6.46. The third kappa shape index (κ3) is 3.66. The van der Waals surface area contributed by atoms with Crippen LogP contribution in [0.2, 0.25) is 0 Å². The molecule has 0 amide bonds. The Morgan fingerprint density at radius 1 is 1.24 bits per heavy atom. The maximum atomic E-state index is 13.3. The predicted molar refractivity (Wildman–Crippen MR) is 75.0 cm³/mol. The molecule has 0 spiro atoms. The molecule has 2 aromatic rings. The normalized spacial score (nSPS) is 10.6. The SMILES string of the molecule is COCCCOc1cc(C(=O)OC)nc2cc(F)ccc12. The Hall–Kier alpha value is -2.21. The van der Waals surface area contributed by atoms with E-state index >= 15 is 0 Å². The third-order valence-corrected chi connectivity index (χ3v) is 2.88. The minimum atomic E-state index is -0.595. The van der Waals surface area contributed by atoms with Gasteiger partial charge in [0.25, 0.3) is 0 Å². The number of pyridine rings is 1. The number of carbonyl (C=O) groups excluding carboxylic acids is 1. The maximum Gasteiger partial charge on any atom is 0.356 e. The molecule has 1 heterocycles. The van der Waals surface area contributed by atoms with E-state index in [1.807, 2.05) is 0 Å². The first-order chi connectivity index (χ1) is 10.2. The monoisotopic (exact) mass is 293 g/mol. The van der Waals surface area contributed by atoms with E-state index < -0.39 is 11.8 Å². The van der Waals surface area contributed by atoms with Crippen LogP contribution in [0.4, 0.5) is 4.39 Å². The van der Waals surface area contributed by atoms with Crippen LogP contribution in [0.5, 0.6) is 5.75 Å². The lowest BCUT2D eigenvalue weighted by Crippen LogP contribution is -2.07. The van der Waals surface area contributed by atoms with Gasteiger partial charge in [-0.2, -0.15) is 0 Å². The highest BCUT2D eigenvalue weighted by molar-refractivity contribution is 5.94. The van der Waals surface area contributed by atoms with Crippen LogP contribution in [0, 0.1) is 5.82 Å². The molecular weight excluding hydrogens is 277 g/mol. The number of carbonyl (C=O) groups is 1. The van der Waals surface area contributed by atoms with Gasteiger partial charge in [-0.1, -0.05) is 0 Å². The summed E-state index contributed by atoms with van der Waals surface area (Å²) < 4.78 is 28.6. The summed E-state index contributed by atoms with van der Waals surface area (Å²) in [6.07, 6.45) is 0.703. The van der Waals surface area contributed by atoms with Crippen LogP contribution in [0.25, 0.3) is 10.9 Å². The van der Waals surface area contributed by atoms with Crippen molar-refractivity contribution in [2.45, 2.75) is 6.42 Å². The van der Waals surface area contributed by atoms with Crippen molar-refractivity contribution in [2.24, 2.45) is 0 Å². The van der Waals surface area contributed by atoms with E-state index in [2.05, 4.69) is 9.72 Å². The van der Waals surface area contributed by atoms with Crippen molar-refractivity contribution in [1.29, 1.82) is 0 Å². The molecule has 0 aliphatic rings. The minimum absolute atomic E-state index is 0.0809. The number of esters is 1. The summed E-state index contributed by atoms with van der Waals surface area (Å²) in [7, 11) is 2.87. The average molecular weight is 293 g/mol. The highest BCUT2D eigenvalue weighted by Crippen LogP contribution is 2.26. The number of hydrogen-bond acceptors (Lipinski definition) is 5. The Morgan fingerprint density at radius 3 is 2.76 bits per heavy atom. The number of methoxy groups -OCH3 is 2. The van der Waals surface area contributed by atoms with E-state index in [-0.39, 0.29) is 5.69 Å². The largest absolute Gasteiger partial charge is 0.493 e. The molecule has 5 nitrogen and oxygen atoms in total. The van der Waals surface area contributed by atoms with Crippen molar-refractivity contribution in [3.63, 3.8) is 0 Å². The van der Waals surface area contributed by atoms with Crippen LogP contribution < -0.4 is 4.74 Å². The summed E-state index contributed by atoms with van der Waals surface area (Å²) in [5.74, 6) is -0.554. The molecule has 21 heavy (non-hydrogen) atoms. The predicted octanol–water partition coefficient (Wildman–Crippen LogP) is 2.58. The second-order valence-electron chi connectivity index (χ2n) is 4.35. The Labute approximate surface area is 121 Å². The zero-order valence-electron chi connectivity index (χ0n) is 11.9. The molecule has 0 bridgehead atoms. The topological polar surface area (TPSA) is 57.7 Å². The van der Waals surface area contributed by atoms with Gasteiger partial charge in [0, 0.05) is 37.7 Å². The molecule has 0 fully saturated rings. The van der Waals surface area contributed by atoms with E-state index in [0.717, 1.165) is 0 Å². The number of rotatable bonds is 6. The van der Waals surface area contributed by atoms with Crippen molar-refractivity contribution in [3.05, 3.63) is 35.8 Å². The number of halogens is 1. The number of ether oxygens (including phenoxy) is 3. The van der Waals surface area contributed by atoms with Crippen LogP contribution in [-0.4, -0.2) is 38.4 Å². The van der Waals surface area contributed by atoms with Crippen molar-refractivity contribution in [3.8, 4) is 5.75 Å². The molecule has 6 heteroatoms. The van der Waals surface area contributed by atoms with Gasteiger partial charge in [0.2, 0.25) is 0 Å². The Bertz CT molecular complexity index is 645. The highest BCUT2D eigenvalue weighted by Gasteiger charge is 2.13. The van der Waals surface area contributed by atoms with Gasteiger partial charge in [0.05, 0.1) is 19.2 Å². The lowest BCUT2D eigenvalue weighted by Gasteiger charge is -2.10. The standard InChI is InChI=1S/C15H16FNO4/c1-19-6-3-7-21-14-9-13(15(18)20-2)17-12-8-10(16)4-5-11(12)14/h4-5,8-9H,3,6-7H2,1-2H3.